The molecular weight excluding hydrogens is 298 g/mol. The predicted molar refractivity (Wildman–Crippen MR) is 91.5 cm³/mol. The molecule has 2 rings (SSSR count). The molecule has 116 valence electrons. The lowest BCUT2D eigenvalue weighted by Crippen LogP contribution is -2.46. The molecule has 3 N–H and O–H groups in total. The third-order valence-corrected chi connectivity index (χ3v) is 3.46. The SMILES string of the molecule is C=CCNC(=S)NNC(=O)c1ccc2c(c1)nc(C)n2CC. The summed E-state index contributed by atoms with van der Waals surface area (Å²) in [5, 5.41) is 3.19. The van der Waals surface area contributed by atoms with Gasteiger partial charge in [0.15, 0.2) is 5.11 Å². The van der Waals surface area contributed by atoms with E-state index >= 15 is 0 Å². The third kappa shape index (κ3) is 3.43. The number of hydrogen-bond donors (Lipinski definition) is 3. The quantitative estimate of drug-likeness (QED) is 0.454. The Morgan fingerprint density at radius 2 is 2.23 bits per heavy atom. The fraction of sp³-hybridized carbons (Fsp3) is 0.267. The fourth-order valence-electron chi connectivity index (χ4n) is 2.19. The van der Waals surface area contributed by atoms with E-state index in [1.54, 1.807) is 18.2 Å². The average molecular weight is 317 g/mol. The van der Waals surface area contributed by atoms with Gasteiger partial charge in [0.05, 0.1) is 11.0 Å². The first-order chi connectivity index (χ1) is 10.6. The number of imidazole rings is 1. The Hall–Kier alpha value is -2.41. The van der Waals surface area contributed by atoms with Gasteiger partial charge in [0.2, 0.25) is 0 Å². The Morgan fingerprint density at radius 3 is 2.91 bits per heavy atom. The van der Waals surface area contributed by atoms with Gasteiger partial charge in [-0.25, -0.2) is 4.98 Å². The van der Waals surface area contributed by atoms with Gasteiger partial charge in [0.1, 0.15) is 5.82 Å². The first-order valence-electron chi connectivity index (χ1n) is 6.98. The molecule has 0 saturated heterocycles. The first-order valence-corrected chi connectivity index (χ1v) is 7.39. The number of nitrogens with zero attached hydrogens (tertiary/aromatic N) is 2. The van der Waals surface area contributed by atoms with Gasteiger partial charge < -0.3 is 9.88 Å². The Balaban J connectivity index is 2.09. The highest BCUT2D eigenvalue weighted by Gasteiger charge is 2.10. The van der Waals surface area contributed by atoms with Gasteiger partial charge in [-0.1, -0.05) is 6.08 Å². The van der Waals surface area contributed by atoms with Crippen LogP contribution >= 0.6 is 12.2 Å². The zero-order valence-electron chi connectivity index (χ0n) is 12.6. The van der Waals surface area contributed by atoms with Crippen molar-refractivity contribution in [2.75, 3.05) is 6.54 Å². The normalized spacial score (nSPS) is 10.3. The Kier molecular flexibility index (Phi) is 5.11. The topological polar surface area (TPSA) is 71.0 Å². The second kappa shape index (κ2) is 7.04. The number of fused-ring (bicyclic) bond motifs is 1. The van der Waals surface area contributed by atoms with Gasteiger partial charge >= 0.3 is 0 Å². The predicted octanol–water partition coefficient (Wildman–Crippen LogP) is 1.66. The molecule has 1 aromatic carbocycles. The smallest absolute Gasteiger partial charge is 0.269 e. The lowest BCUT2D eigenvalue weighted by atomic mass is 10.2. The maximum atomic E-state index is 12.1. The summed E-state index contributed by atoms with van der Waals surface area (Å²) in [6.45, 7) is 8.97. The summed E-state index contributed by atoms with van der Waals surface area (Å²) in [7, 11) is 0. The summed E-state index contributed by atoms with van der Waals surface area (Å²) in [4.78, 5) is 16.6. The van der Waals surface area contributed by atoms with Gasteiger partial charge in [0, 0.05) is 18.7 Å². The van der Waals surface area contributed by atoms with E-state index in [0.29, 0.717) is 17.2 Å². The van der Waals surface area contributed by atoms with Crippen molar-refractivity contribution in [3.05, 3.63) is 42.2 Å². The van der Waals surface area contributed by atoms with Crippen LogP contribution in [0.4, 0.5) is 0 Å². The standard InChI is InChI=1S/C15H19N5OS/c1-4-8-16-15(22)19-18-14(21)11-6-7-13-12(9-11)17-10(3)20(13)5-2/h4,6-7,9H,1,5,8H2,2-3H3,(H,18,21)(H2,16,19,22). The molecule has 7 heteroatoms. The number of rotatable bonds is 4. The molecule has 1 amide bonds. The Morgan fingerprint density at radius 1 is 1.45 bits per heavy atom. The van der Waals surface area contributed by atoms with E-state index in [-0.39, 0.29) is 5.91 Å². The lowest BCUT2D eigenvalue weighted by Gasteiger charge is -2.10. The summed E-state index contributed by atoms with van der Waals surface area (Å²) in [6.07, 6.45) is 1.68. The number of amides is 1. The summed E-state index contributed by atoms with van der Waals surface area (Å²) in [5.74, 6) is 0.663. The number of hydrogen-bond acceptors (Lipinski definition) is 3. The number of nitrogens with one attached hydrogen (secondary N) is 3. The zero-order valence-corrected chi connectivity index (χ0v) is 13.5. The minimum absolute atomic E-state index is 0.270. The van der Waals surface area contributed by atoms with E-state index < -0.39 is 0 Å². The van der Waals surface area contributed by atoms with E-state index in [4.69, 9.17) is 12.2 Å². The largest absolute Gasteiger partial charge is 0.358 e. The maximum absolute atomic E-state index is 12.1. The van der Waals surface area contributed by atoms with Crippen molar-refractivity contribution >= 4 is 34.3 Å². The van der Waals surface area contributed by atoms with Crippen LogP contribution in [-0.4, -0.2) is 27.1 Å². The van der Waals surface area contributed by atoms with Crippen molar-refractivity contribution in [3.8, 4) is 0 Å². The van der Waals surface area contributed by atoms with Gasteiger partial charge in [-0.05, 0) is 44.3 Å². The first kappa shape index (κ1) is 16.0. The Bertz CT molecular complexity index is 722. The van der Waals surface area contributed by atoms with Crippen LogP contribution in [0.3, 0.4) is 0 Å². The molecule has 1 aromatic heterocycles. The van der Waals surface area contributed by atoms with Crippen LogP contribution in [-0.2, 0) is 6.54 Å². The number of carbonyl (C=O) groups is 1. The average Bonchev–Trinajstić information content (AvgIpc) is 2.84. The third-order valence-electron chi connectivity index (χ3n) is 3.21. The molecule has 0 radical (unpaired) electrons. The van der Waals surface area contributed by atoms with Crippen molar-refractivity contribution in [2.24, 2.45) is 0 Å². The molecule has 0 atom stereocenters. The van der Waals surface area contributed by atoms with Crippen LogP contribution in [0.5, 0.6) is 0 Å². The van der Waals surface area contributed by atoms with E-state index in [2.05, 4.69) is 39.2 Å². The molecule has 0 aliphatic heterocycles. The minimum atomic E-state index is -0.270. The van der Waals surface area contributed by atoms with Crippen LogP contribution in [0, 0.1) is 6.92 Å². The van der Waals surface area contributed by atoms with Crippen LogP contribution in [0.25, 0.3) is 11.0 Å². The van der Waals surface area contributed by atoms with Gasteiger partial charge in [-0.2, -0.15) is 0 Å². The molecule has 0 aliphatic carbocycles. The monoisotopic (exact) mass is 317 g/mol. The zero-order chi connectivity index (χ0) is 16.1. The highest BCUT2D eigenvalue weighted by molar-refractivity contribution is 7.80. The molecule has 0 aliphatic rings. The molecule has 6 nitrogen and oxygen atoms in total. The lowest BCUT2D eigenvalue weighted by molar-refractivity contribution is 0.0944. The number of hydrazine groups is 1. The highest BCUT2D eigenvalue weighted by Crippen LogP contribution is 2.17. The molecule has 0 unspecified atom stereocenters. The molecule has 2 aromatic rings. The molecule has 0 fully saturated rings. The molecule has 0 spiro atoms. The van der Waals surface area contributed by atoms with Gasteiger partial charge in [-0.15, -0.1) is 6.58 Å². The molecule has 0 saturated carbocycles. The highest BCUT2D eigenvalue weighted by atomic mass is 32.1. The second-order valence-electron chi connectivity index (χ2n) is 4.68. The summed E-state index contributed by atoms with van der Waals surface area (Å²) >= 11 is 5.00. The van der Waals surface area contributed by atoms with Crippen LogP contribution in [0.1, 0.15) is 23.1 Å². The molecule has 22 heavy (non-hydrogen) atoms. The molecule has 1 heterocycles. The number of thiocarbonyl (C=S) groups is 1. The maximum Gasteiger partial charge on any atom is 0.269 e. The van der Waals surface area contributed by atoms with E-state index in [1.165, 1.54) is 0 Å². The van der Waals surface area contributed by atoms with Crippen molar-refractivity contribution in [2.45, 2.75) is 20.4 Å². The molecule has 0 bridgehead atoms. The van der Waals surface area contributed by atoms with Crippen LogP contribution in [0.15, 0.2) is 30.9 Å². The molecular formula is C15H19N5OS. The van der Waals surface area contributed by atoms with Crippen molar-refractivity contribution < 1.29 is 4.79 Å². The minimum Gasteiger partial charge on any atom is -0.358 e. The van der Waals surface area contributed by atoms with Crippen molar-refractivity contribution in [3.63, 3.8) is 0 Å². The van der Waals surface area contributed by atoms with Gasteiger partial charge in [-0.3, -0.25) is 15.6 Å². The Labute approximate surface area is 134 Å². The number of carbonyl (C=O) groups excluding carboxylic acids is 1. The van der Waals surface area contributed by atoms with Crippen molar-refractivity contribution in [1.82, 2.24) is 25.7 Å². The van der Waals surface area contributed by atoms with Crippen molar-refractivity contribution in [1.29, 1.82) is 0 Å². The van der Waals surface area contributed by atoms with Crippen LogP contribution in [0.2, 0.25) is 0 Å². The second-order valence-corrected chi connectivity index (χ2v) is 5.09. The summed E-state index contributed by atoms with van der Waals surface area (Å²) < 4.78 is 2.10. The number of aromatic nitrogens is 2. The van der Waals surface area contributed by atoms with E-state index in [1.807, 2.05) is 13.0 Å². The van der Waals surface area contributed by atoms with E-state index in [0.717, 1.165) is 23.4 Å². The number of benzene rings is 1. The number of aryl methyl sites for hydroxylation is 2. The van der Waals surface area contributed by atoms with E-state index in [9.17, 15) is 4.79 Å². The van der Waals surface area contributed by atoms with Crippen LogP contribution < -0.4 is 16.2 Å². The summed E-state index contributed by atoms with van der Waals surface area (Å²) in [5.41, 5.74) is 7.53. The van der Waals surface area contributed by atoms with Gasteiger partial charge in [0.25, 0.3) is 5.91 Å². The fourth-order valence-corrected chi connectivity index (χ4v) is 2.32. The summed E-state index contributed by atoms with van der Waals surface area (Å²) in [6, 6.07) is 5.45.